The number of ether oxygens (including phenoxy) is 1. The van der Waals surface area contributed by atoms with Crippen LogP contribution in [-0.4, -0.2) is 44.7 Å². The van der Waals surface area contributed by atoms with Gasteiger partial charge in [-0.25, -0.2) is 8.78 Å². The monoisotopic (exact) mass is 270 g/mol. The summed E-state index contributed by atoms with van der Waals surface area (Å²) < 4.78 is 31.3. The van der Waals surface area contributed by atoms with Gasteiger partial charge in [0.15, 0.2) is 0 Å². The summed E-state index contributed by atoms with van der Waals surface area (Å²) in [5.74, 6) is 0.285. The van der Waals surface area contributed by atoms with Gasteiger partial charge >= 0.3 is 0 Å². The fourth-order valence-electron chi connectivity index (χ4n) is 2.45. The van der Waals surface area contributed by atoms with Crippen LogP contribution in [0.15, 0.2) is 18.2 Å². The van der Waals surface area contributed by atoms with Crippen LogP contribution in [-0.2, 0) is 6.42 Å². The topological polar surface area (TPSA) is 24.5 Å². The van der Waals surface area contributed by atoms with Crippen molar-refractivity contribution >= 4 is 0 Å². The van der Waals surface area contributed by atoms with Gasteiger partial charge in [-0.15, -0.1) is 0 Å². The predicted molar refractivity (Wildman–Crippen MR) is 71.0 cm³/mol. The Kier molecular flexibility index (Phi) is 5.10. The highest BCUT2D eigenvalue weighted by molar-refractivity contribution is 5.41. The molecule has 1 saturated heterocycles. The second kappa shape index (κ2) is 6.82. The van der Waals surface area contributed by atoms with Crippen molar-refractivity contribution < 1.29 is 13.5 Å². The fourth-order valence-corrected chi connectivity index (χ4v) is 2.45. The number of nitrogens with zero attached hydrogens (tertiary/aromatic N) is 1. The predicted octanol–water partition coefficient (Wildman–Crippen LogP) is 2.08. The molecule has 3 nitrogen and oxygen atoms in total. The van der Waals surface area contributed by atoms with Crippen molar-refractivity contribution in [2.75, 3.05) is 39.8 Å². The van der Waals surface area contributed by atoms with Crippen LogP contribution in [0, 0.1) is 0 Å². The highest BCUT2D eigenvalue weighted by Gasteiger charge is 2.19. The molecule has 5 heteroatoms. The molecule has 1 N–H and O–H groups in total. The van der Waals surface area contributed by atoms with Gasteiger partial charge in [0.2, 0.25) is 0 Å². The molecule has 1 aliphatic heterocycles. The summed E-state index contributed by atoms with van der Waals surface area (Å²) in [6.07, 6.45) is -1.86. The molecule has 0 saturated carbocycles. The Hall–Kier alpha value is -1.20. The maximum atomic E-state index is 13.1. The number of halogens is 2. The van der Waals surface area contributed by atoms with E-state index in [1.807, 2.05) is 0 Å². The van der Waals surface area contributed by atoms with Crippen LogP contribution in [0.25, 0.3) is 0 Å². The van der Waals surface area contributed by atoms with Crippen molar-refractivity contribution in [3.8, 4) is 5.75 Å². The zero-order chi connectivity index (χ0) is 13.7. The first-order valence-electron chi connectivity index (χ1n) is 6.59. The molecule has 0 radical (unpaired) electrons. The Morgan fingerprint density at radius 3 is 2.68 bits per heavy atom. The van der Waals surface area contributed by atoms with Gasteiger partial charge in [0.1, 0.15) is 5.75 Å². The van der Waals surface area contributed by atoms with Gasteiger partial charge in [-0.1, -0.05) is 12.1 Å². The number of piperazine rings is 1. The third-order valence-electron chi connectivity index (χ3n) is 3.50. The lowest BCUT2D eigenvalue weighted by atomic mass is 10.0. The zero-order valence-corrected chi connectivity index (χ0v) is 11.2. The molecule has 0 aromatic heterocycles. The van der Waals surface area contributed by atoms with Crippen LogP contribution in [0.3, 0.4) is 0 Å². The summed E-state index contributed by atoms with van der Waals surface area (Å²) in [5.41, 5.74) is 0.730. The maximum Gasteiger partial charge on any atom is 0.267 e. The zero-order valence-electron chi connectivity index (χ0n) is 11.2. The van der Waals surface area contributed by atoms with Gasteiger partial charge in [-0.05, 0) is 18.1 Å². The summed E-state index contributed by atoms with van der Waals surface area (Å²) in [7, 11) is 1.43. The highest BCUT2D eigenvalue weighted by atomic mass is 19.3. The first kappa shape index (κ1) is 14.2. The average molecular weight is 270 g/mol. The lowest BCUT2D eigenvalue weighted by Gasteiger charge is -2.27. The van der Waals surface area contributed by atoms with E-state index in [9.17, 15) is 8.78 Å². The van der Waals surface area contributed by atoms with E-state index >= 15 is 0 Å². The van der Waals surface area contributed by atoms with Crippen LogP contribution >= 0.6 is 0 Å². The van der Waals surface area contributed by atoms with Crippen molar-refractivity contribution in [1.29, 1.82) is 0 Å². The minimum absolute atomic E-state index is 0.0418. The molecule has 0 bridgehead atoms. The smallest absolute Gasteiger partial charge is 0.267 e. The van der Waals surface area contributed by atoms with Crippen molar-refractivity contribution in [3.05, 3.63) is 29.3 Å². The van der Waals surface area contributed by atoms with Crippen LogP contribution in [0.5, 0.6) is 5.75 Å². The number of rotatable bonds is 5. The Morgan fingerprint density at radius 1 is 1.32 bits per heavy atom. The molecule has 0 unspecified atom stereocenters. The summed E-state index contributed by atoms with van der Waals surface area (Å²) in [5, 5.41) is 3.28. The molecule has 106 valence electrons. The summed E-state index contributed by atoms with van der Waals surface area (Å²) in [4.78, 5) is 2.30. The number of hydrogen-bond donors (Lipinski definition) is 1. The van der Waals surface area contributed by atoms with E-state index in [2.05, 4.69) is 10.2 Å². The van der Waals surface area contributed by atoms with E-state index in [0.29, 0.717) is 12.0 Å². The normalized spacial score (nSPS) is 16.8. The second-order valence-corrected chi connectivity index (χ2v) is 4.68. The molecule has 19 heavy (non-hydrogen) atoms. The third kappa shape index (κ3) is 3.64. The number of alkyl halides is 2. The SMILES string of the molecule is COc1cccc(CCN2CCNCC2)c1C(F)F. The molecule has 1 aromatic rings. The molecule has 0 atom stereocenters. The summed E-state index contributed by atoms with van der Waals surface area (Å²) in [6, 6.07) is 5.14. The lowest BCUT2D eigenvalue weighted by Crippen LogP contribution is -2.44. The molecular weight excluding hydrogens is 250 g/mol. The van der Waals surface area contributed by atoms with E-state index < -0.39 is 6.43 Å². The Morgan fingerprint density at radius 2 is 2.05 bits per heavy atom. The largest absolute Gasteiger partial charge is 0.496 e. The van der Waals surface area contributed by atoms with Gasteiger partial charge in [0.25, 0.3) is 6.43 Å². The van der Waals surface area contributed by atoms with Crippen LogP contribution in [0.4, 0.5) is 8.78 Å². The lowest BCUT2D eigenvalue weighted by molar-refractivity contribution is 0.145. The van der Waals surface area contributed by atoms with Crippen LogP contribution < -0.4 is 10.1 Å². The van der Waals surface area contributed by atoms with Crippen molar-refractivity contribution in [2.24, 2.45) is 0 Å². The molecule has 0 aliphatic carbocycles. The molecule has 0 spiro atoms. The molecule has 1 aliphatic rings. The van der Waals surface area contributed by atoms with Crippen molar-refractivity contribution in [1.82, 2.24) is 10.2 Å². The quantitative estimate of drug-likeness (QED) is 0.886. The van der Waals surface area contributed by atoms with E-state index in [-0.39, 0.29) is 11.3 Å². The van der Waals surface area contributed by atoms with E-state index in [1.54, 1.807) is 18.2 Å². The number of methoxy groups -OCH3 is 1. The van der Waals surface area contributed by atoms with Gasteiger partial charge in [0.05, 0.1) is 12.7 Å². The summed E-state index contributed by atoms with van der Waals surface area (Å²) in [6.45, 7) is 4.72. The average Bonchev–Trinajstić information content (AvgIpc) is 2.45. The minimum Gasteiger partial charge on any atom is -0.496 e. The molecule has 1 fully saturated rings. The van der Waals surface area contributed by atoms with Gasteiger partial charge in [0, 0.05) is 32.7 Å². The van der Waals surface area contributed by atoms with Crippen LogP contribution in [0.2, 0.25) is 0 Å². The van der Waals surface area contributed by atoms with E-state index in [1.165, 1.54) is 7.11 Å². The van der Waals surface area contributed by atoms with Gasteiger partial charge < -0.3 is 15.0 Å². The van der Waals surface area contributed by atoms with Gasteiger partial charge in [-0.2, -0.15) is 0 Å². The van der Waals surface area contributed by atoms with E-state index in [0.717, 1.165) is 32.7 Å². The molecule has 1 aromatic carbocycles. The second-order valence-electron chi connectivity index (χ2n) is 4.68. The molecule has 0 amide bonds. The Labute approximate surface area is 112 Å². The fraction of sp³-hybridized carbons (Fsp3) is 0.571. The number of nitrogens with one attached hydrogen (secondary N) is 1. The van der Waals surface area contributed by atoms with Crippen molar-refractivity contribution in [3.63, 3.8) is 0 Å². The Balaban J connectivity index is 2.06. The Bertz CT molecular complexity index is 406. The van der Waals surface area contributed by atoms with Crippen LogP contribution in [0.1, 0.15) is 17.6 Å². The van der Waals surface area contributed by atoms with Gasteiger partial charge in [-0.3, -0.25) is 0 Å². The molecule has 2 rings (SSSR count). The molecular formula is C14H20F2N2O. The molecule has 1 heterocycles. The third-order valence-corrected chi connectivity index (χ3v) is 3.50. The standard InChI is InChI=1S/C14H20F2N2O/c1-19-12-4-2-3-11(13(12)14(15)16)5-8-18-9-6-17-7-10-18/h2-4,14,17H,5-10H2,1H3. The minimum atomic E-state index is -2.49. The van der Waals surface area contributed by atoms with Crippen molar-refractivity contribution in [2.45, 2.75) is 12.8 Å². The number of benzene rings is 1. The first-order chi connectivity index (χ1) is 9.22. The summed E-state index contributed by atoms with van der Waals surface area (Å²) >= 11 is 0. The maximum absolute atomic E-state index is 13.1. The highest BCUT2D eigenvalue weighted by Crippen LogP contribution is 2.32. The number of hydrogen-bond acceptors (Lipinski definition) is 3. The first-order valence-corrected chi connectivity index (χ1v) is 6.59. The van der Waals surface area contributed by atoms with E-state index in [4.69, 9.17) is 4.74 Å².